The highest BCUT2D eigenvalue weighted by Crippen LogP contribution is 2.35. The largest absolute Gasteiger partial charge is 0.341 e. The Labute approximate surface area is 164 Å². The van der Waals surface area contributed by atoms with E-state index in [1.165, 1.54) is 0 Å². The Kier molecular flexibility index (Phi) is 4.86. The van der Waals surface area contributed by atoms with Crippen molar-refractivity contribution >= 4 is 17.8 Å². The van der Waals surface area contributed by atoms with Gasteiger partial charge in [-0.25, -0.2) is 4.79 Å². The van der Waals surface area contributed by atoms with Gasteiger partial charge in [0.25, 0.3) is 5.91 Å². The third kappa shape index (κ3) is 3.05. The van der Waals surface area contributed by atoms with Crippen LogP contribution in [0.25, 0.3) is 0 Å². The summed E-state index contributed by atoms with van der Waals surface area (Å²) in [7, 11) is 0. The van der Waals surface area contributed by atoms with Crippen LogP contribution < -0.4 is 5.32 Å². The molecule has 0 bridgehead atoms. The summed E-state index contributed by atoms with van der Waals surface area (Å²) < 4.78 is 0. The summed E-state index contributed by atoms with van der Waals surface area (Å²) in [4.78, 5) is 41.8. The fourth-order valence-corrected chi connectivity index (χ4v) is 4.03. The zero-order valence-corrected chi connectivity index (χ0v) is 15.6. The molecule has 6 heteroatoms. The van der Waals surface area contributed by atoms with E-state index in [1.807, 2.05) is 60.7 Å². The number of nitrogens with zero attached hydrogens (tertiary/aromatic N) is 2. The SMILES string of the molecule is O=C(CN1C(=O)NC(c2ccccc2)(c2ccccc2)C1=O)N1CCCCC1. The third-order valence-electron chi connectivity index (χ3n) is 5.52. The number of likely N-dealkylation sites (tertiary alicyclic amines) is 1. The van der Waals surface area contributed by atoms with Crippen molar-refractivity contribution in [2.45, 2.75) is 24.8 Å². The first kappa shape index (κ1) is 18.2. The number of amides is 4. The van der Waals surface area contributed by atoms with Crippen LogP contribution in [0.5, 0.6) is 0 Å². The number of carbonyl (C=O) groups is 3. The molecular formula is C22H23N3O3. The molecule has 0 spiro atoms. The van der Waals surface area contributed by atoms with Gasteiger partial charge in [-0.3, -0.25) is 14.5 Å². The minimum Gasteiger partial charge on any atom is -0.341 e. The molecule has 0 radical (unpaired) electrons. The van der Waals surface area contributed by atoms with Gasteiger partial charge in [-0.05, 0) is 30.4 Å². The van der Waals surface area contributed by atoms with Crippen LogP contribution in [-0.4, -0.2) is 47.3 Å². The Morgan fingerprint density at radius 3 is 1.93 bits per heavy atom. The molecule has 4 rings (SSSR count). The number of benzene rings is 2. The maximum absolute atomic E-state index is 13.5. The van der Waals surface area contributed by atoms with E-state index < -0.39 is 17.5 Å². The van der Waals surface area contributed by atoms with Crippen LogP contribution in [0.15, 0.2) is 60.7 Å². The molecule has 4 amide bonds. The summed E-state index contributed by atoms with van der Waals surface area (Å²) in [6, 6.07) is 17.8. The lowest BCUT2D eigenvalue weighted by atomic mass is 9.82. The van der Waals surface area contributed by atoms with E-state index in [0.717, 1.165) is 24.2 Å². The average molecular weight is 377 g/mol. The van der Waals surface area contributed by atoms with E-state index in [2.05, 4.69) is 5.32 Å². The van der Waals surface area contributed by atoms with Crippen LogP contribution in [0.3, 0.4) is 0 Å². The topological polar surface area (TPSA) is 69.7 Å². The first-order valence-corrected chi connectivity index (χ1v) is 9.66. The second kappa shape index (κ2) is 7.46. The van der Waals surface area contributed by atoms with Crippen molar-refractivity contribution in [2.24, 2.45) is 0 Å². The molecule has 1 N–H and O–H groups in total. The average Bonchev–Trinajstić information content (AvgIpc) is 3.01. The predicted molar refractivity (Wildman–Crippen MR) is 104 cm³/mol. The van der Waals surface area contributed by atoms with Crippen LogP contribution in [-0.2, 0) is 15.1 Å². The number of piperidine rings is 1. The van der Waals surface area contributed by atoms with Crippen molar-refractivity contribution in [2.75, 3.05) is 19.6 Å². The zero-order chi connectivity index (χ0) is 19.6. The number of hydrogen-bond acceptors (Lipinski definition) is 3. The molecule has 2 aliphatic rings. The molecule has 0 aliphatic carbocycles. The summed E-state index contributed by atoms with van der Waals surface area (Å²) in [5.74, 6) is -0.597. The fourth-order valence-electron chi connectivity index (χ4n) is 4.03. The lowest BCUT2D eigenvalue weighted by Crippen LogP contribution is -2.47. The lowest BCUT2D eigenvalue weighted by molar-refractivity contribution is -0.139. The highest BCUT2D eigenvalue weighted by molar-refractivity contribution is 6.11. The van der Waals surface area contributed by atoms with Crippen LogP contribution in [0.4, 0.5) is 4.79 Å². The lowest BCUT2D eigenvalue weighted by Gasteiger charge is -2.29. The first-order chi connectivity index (χ1) is 13.6. The molecular weight excluding hydrogens is 354 g/mol. The normalized spacial score (nSPS) is 18.9. The number of urea groups is 1. The summed E-state index contributed by atoms with van der Waals surface area (Å²) in [6.45, 7) is 1.14. The van der Waals surface area contributed by atoms with E-state index in [4.69, 9.17) is 0 Å². The summed E-state index contributed by atoms with van der Waals surface area (Å²) in [6.07, 6.45) is 3.03. The molecule has 2 aromatic carbocycles. The molecule has 2 fully saturated rings. The monoisotopic (exact) mass is 377 g/mol. The molecule has 0 aromatic heterocycles. The van der Waals surface area contributed by atoms with Crippen molar-refractivity contribution < 1.29 is 14.4 Å². The second-order valence-electron chi connectivity index (χ2n) is 7.24. The van der Waals surface area contributed by atoms with Gasteiger partial charge in [0, 0.05) is 13.1 Å². The number of rotatable bonds is 4. The van der Waals surface area contributed by atoms with Gasteiger partial charge in [0.1, 0.15) is 6.54 Å². The van der Waals surface area contributed by atoms with Gasteiger partial charge < -0.3 is 10.2 Å². The molecule has 2 saturated heterocycles. The van der Waals surface area contributed by atoms with Gasteiger partial charge in [0.2, 0.25) is 5.91 Å². The summed E-state index contributed by atoms with van der Waals surface area (Å²) >= 11 is 0. The van der Waals surface area contributed by atoms with Crippen molar-refractivity contribution in [3.8, 4) is 0 Å². The van der Waals surface area contributed by atoms with Gasteiger partial charge in [-0.1, -0.05) is 60.7 Å². The van der Waals surface area contributed by atoms with Crippen LogP contribution in [0.2, 0.25) is 0 Å². The van der Waals surface area contributed by atoms with Crippen molar-refractivity contribution in [3.05, 3.63) is 71.8 Å². The maximum Gasteiger partial charge on any atom is 0.326 e. The van der Waals surface area contributed by atoms with Gasteiger partial charge in [-0.2, -0.15) is 0 Å². The number of carbonyl (C=O) groups excluding carboxylic acids is 3. The number of nitrogens with one attached hydrogen (secondary N) is 1. The maximum atomic E-state index is 13.5. The Balaban J connectivity index is 1.68. The molecule has 2 aromatic rings. The molecule has 0 atom stereocenters. The molecule has 0 saturated carbocycles. The van der Waals surface area contributed by atoms with Gasteiger partial charge >= 0.3 is 6.03 Å². The standard InChI is InChI=1S/C22H23N3O3/c26-19(24-14-8-3-9-15-24)16-25-20(27)22(23-21(25)28,17-10-4-1-5-11-17)18-12-6-2-7-13-18/h1-2,4-7,10-13H,3,8-9,14-16H2,(H,23,28). The van der Waals surface area contributed by atoms with Gasteiger partial charge in [0.05, 0.1) is 0 Å². The van der Waals surface area contributed by atoms with Crippen LogP contribution in [0.1, 0.15) is 30.4 Å². The van der Waals surface area contributed by atoms with Crippen LogP contribution in [0, 0.1) is 0 Å². The minimum atomic E-state index is -1.32. The Hall–Kier alpha value is -3.15. The summed E-state index contributed by atoms with van der Waals surface area (Å²) in [5, 5.41) is 2.87. The minimum absolute atomic E-state index is 0.180. The number of hydrogen-bond donors (Lipinski definition) is 1. The van der Waals surface area contributed by atoms with Crippen LogP contribution >= 0.6 is 0 Å². The molecule has 2 aliphatic heterocycles. The fraction of sp³-hybridized carbons (Fsp3) is 0.318. The Morgan fingerprint density at radius 1 is 0.857 bits per heavy atom. The van der Waals surface area contributed by atoms with Crippen molar-refractivity contribution in [1.29, 1.82) is 0 Å². The molecule has 144 valence electrons. The van der Waals surface area contributed by atoms with E-state index >= 15 is 0 Å². The summed E-state index contributed by atoms with van der Waals surface area (Å²) in [5.41, 5.74) is 0.0295. The van der Waals surface area contributed by atoms with E-state index in [-0.39, 0.29) is 12.5 Å². The zero-order valence-electron chi connectivity index (χ0n) is 15.6. The van der Waals surface area contributed by atoms with Crippen molar-refractivity contribution in [3.63, 3.8) is 0 Å². The second-order valence-corrected chi connectivity index (χ2v) is 7.24. The highest BCUT2D eigenvalue weighted by Gasteiger charge is 2.54. The van der Waals surface area contributed by atoms with Gasteiger partial charge in [-0.15, -0.1) is 0 Å². The molecule has 6 nitrogen and oxygen atoms in total. The Morgan fingerprint density at radius 2 is 1.39 bits per heavy atom. The highest BCUT2D eigenvalue weighted by atomic mass is 16.2. The third-order valence-corrected chi connectivity index (χ3v) is 5.52. The molecule has 0 unspecified atom stereocenters. The quantitative estimate of drug-likeness (QED) is 0.833. The van der Waals surface area contributed by atoms with E-state index in [1.54, 1.807) is 4.90 Å². The van der Waals surface area contributed by atoms with Gasteiger partial charge in [0.15, 0.2) is 5.54 Å². The number of imide groups is 1. The smallest absolute Gasteiger partial charge is 0.326 e. The molecule has 28 heavy (non-hydrogen) atoms. The predicted octanol–water partition coefficient (Wildman–Crippen LogP) is 2.49. The first-order valence-electron chi connectivity index (χ1n) is 9.66. The van der Waals surface area contributed by atoms with Crippen molar-refractivity contribution in [1.82, 2.24) is 15.1 Å². The van der Waals surface area contributed by atoms with E-state index in [9.17, 15) is 14.4 Å². The molecule has 2 heterocycles. The van der Waals surface area contributed by atoms with E-state index in [0.29, 0.717) is 24.2 Å². The Bertz CT molecular complexity index is 837.